The molecule has 0 saturated heterocycles. The molecule has 1 heterocycles. The molecule has 0 radical (unpaired) electrons. The normalized spacial score (nSPS) is 10.6. The van der Waals surface area contributed by atoms with Gasteiger partial charge < -0.3 is 9.84 Å². The standard InChI is InChI=1S/C13H15N3O2/c1-9(2)12(17)14-8-11-15-13(18-16-11)10-6-4-3-5-7-10/h3-7,9H,8H2,1-2H3,(H,14,17). The van der Waals surface area contributed by atoms with Gasteiger partial charge in [0.05, 0.1) is 6.54 Å². The third-order valence-electron chi connectivity index (χ3n) is 2.43. The summed E-state index contributed by atoms with van der Waals surface area (Å²) in [5.41, 5.74) is 0.867. The van der Waals surface area contributed by atoms with E-state index >= 15 is 0 Å². The summed E-state index contributed by atoms with van der Waals surface area (Å²) >= 11 is 0. The van der Waals surface area contributed by atoms with Crippen LogP contribution in [0.15, 0.2) is 34.9 Å². The van der Waals surface area contributed by atoms with Crippen LogP contribution in [-0.4, -0.2) is 16.0 Å². The third-order valence-corrected chi connectivity index (χ3v) is 2.43. The number of nitrogens with one attached hydrogen (secondary N) is 1. The number of rotatable bonds is 4. The average molecular weight is 245 g/mol. The van der Waals surface area contributed by atoms with Gasteiger partial charge in [0.15, 0.2) is 5.82 Å². The molecule has 1 aromatic carbocycles. The zero-order chi connectivity index (χ0) is 13.0. The SMILES string of the molecule is CC(C)C(=O)NCc1noc(-c2ccccc2)n1. The first kappa shape index (κ1) is 12.3. The minimum absolute atomic E-state index is 0.0268. The minimum Gasteiger partial charge on any atom is -0.348 e. The van der Waals surface area contributed by atoms with Crippen LogP contribution in [0.2, 0.25) is 0 Å². The van der Waals surface area contributed by atoms with Crippen LogP contribution in [0.1, 0.15) is 19.7 Å². The fourth-order valence-electron chi connectivity index (χ4n) is 1.39. The van der Waals surface area contributed by atoms with E-state index in [0.29, 0.717) is 11.7 Å². The number of hydrogen-bond acceptors (Lipinski definition) is 4. The molecule has 0 atom stereocenters. The number of nitrogens with zero attached hydrogens (tertiary/aromatic N) is 2. The lowest BCUT2D eigenvalue weighted by Gasteiger charge is -2.03. The highest BCUT2D eigenvalue weighted by Gasteiger charge is 2.10. The van der Waals surface area contributed by atoms with Crippen LogP contribution >= 0.6 is 0 Å². The van der Waals surface area contributed by atoms with Crippen molar-refractivity contribution in [2.24, 2.45) is 5.92 Å². The molecule has 2 rings (SSSR count). The predicted octanol–water partition coefficient (Wildman–Crippen LogP) is 2.01. The number of amides is 1. The highest BCUT2D eigenvalue weighted by atomic mass is 16.5. The van der Waals surface area contributed by atoms with Gasteiger partial charge in [-0.3, -0.25) is 4.79 Å². The topological polar surface area (TPSA) is 68.0 Å². The molecule has 0 aliphatic rings. The van der Waals surface area contributed by atoms with Crippen LogP contribution in [0.4, 0.5) is 0 Å². The maximum absolute atomic E-state index is 11.4. The molecular formula is C13H15N3O2. The molecule has 0 unspecified atom stereocenters. The van der Waals surface area contributed by atoms with E-state index in [2.05, 4.69) is 15.5 Å². The number of carbonyl (C=O) groups is 1. The highest BCUT2D eigenvalue weighted by molar-refractivity contribution is 5.77. The van der Waals surface area contributed by atoms with Crippen molar-refractivity contribution in [1.29, 1.82) is 0 Å². The molecule has 18 heavy (non-hydrogen) atoms. The molecule has 5 heteroatoms. The summed E-state index contributed by atoms with van der Waals surface area (Å²) in [5.74, 6) is 0.860. The summed E-state index contributed by atoms with van der Waals surface area (Å²) in [6, 6.07) is 9.51. The molecule has 0 bridgehead atoms. The quantitative estimate of drug-likeness (QED) is 0.894. The van der Waals surface area contributed by atoms with Gasteiger partial charge in [0, 0.05) is 11.5 Å². The van der Waals surface area contributed by atoms with Crippen molar-refractivity contribution in [3.63, 3.8) is 0 Å². The fourth-order valence-corrected chi connectivity index (χ4v) is 1.39. The van der Waals surface area contributed by atoms with Crippen molar-refractivity contribution in [1.82, 2.24) is 15.5 Å². The van der Waals surface area contributed by atoms with E-state index < -0.39 is 0 Å². The Morgan fingerprint density at radius 2 is 2.06 bits per heavy atom. The predicted molar refractivity (Wildman–Crippen MR) is 66.4 cm³/mol. The summed E-state index contributed by atoms with van der Waals surface area (Å²) in [4.78, 5) is 15.6. The fraction of sp³-hybridized carbons (Fsp3) is 0.308. The molecule has 5 nitrogen and oxygen atoms in total. The Balaban J connectivity index is 2.01. The van der Waals surface area contributed by atoms with Gasteiger partial charge in [-0.2, -0.15) is 4.98 Å². The summed E-state index contributed by atoms with van der Waals surface area (Å²) in [5, 5.41) is 6.56. The lowest BCUT2D eigenvalue weighted by molar-refractivity contribution is -0.124. The second-order valence-electron chi connectivity index (χ2n) is 4.25. The Kier molecular flexibility index (Phi) is 3.72. The number of hydrogen-bond donors (Lipinski definition) is 1. The summed E-state index contributed by atoms with van der Waals surface area (Å²) in [6.07, 6.45) is 0. The van der Waals surface area contributed by atoms with Crippen molar-refractivity contribution in [3.8, 4) is 11.5 Å². The molecule has 2 aromatic rings. The first-order chi connectivity index (χ1) is 8.66. The Labute approximate surface area is 105 Å². The van der Waals surface area contributed by atoms with E-state index in [0.717, 1.165) is 5.56 Å². The van der Waals surface area contributed by atoms with E-state index in [9.17, 15) is 4.79 Å². The summed E-state index contributed by atoms with van der Waals surface area (Å²) in [7, 11) is 0. The van der Waals surface area contributed by atoms with E-state index in [-0.39, 0.29) is 18.4 Å². The highest BCUT2D eigenvalue weighted by Crippen LogP contribution is 2.15. The van der Waals surface area contributed by atoms with Crippen molar-refractivity contribution in [2.75, 3.05) is 0 Å². The van der Waals surface area contributed by atoms with Crippen LogP contribution < -0.4 is 5.32 Å². The second kappa shape index (κ2) is 5.44. The van der Waals surface area contributed by atoms with E-state index in [1.165, 1.54) is 0 Å². The van der Waals surface area contributed by atoms with Crippen LogP contribution in [0.3, 0.4) is 0 Å². The largest absolute Gasteiger partial charge is 0.348 e. The van der Waals surface area contributed by atoms with Gasteiger partial charge in [-0.1, -0.05) is 37.2 Å². The molecule has 0 aliphatic carbocycles. The molecule has 94 valence electrons. The average Bonchev–Trinajstić information content (AvgIpc) is 2.85. The molecule has 0 saturated carbocycles. The molecule has 0 spiro atoms. The van der Waals surface area contributed by atoms with Crippen molar-refractivity contribution >= 4 is 5.91 Å². The van der Waals surface area contributed by atoms with Gasteiger partial charge in [-0.25, -0.2) is 0 Å². The number of aromatic nitrogens is 2. The first-order valence-corrected chi connectivity index (χ1v) is 5.82. The molecule has 0 fully saturated rings. The van der Waals surface area contributed by atoms with E-state index in [4.69, 9.17) is 4.52 Å². The minimum atomic E-state index is -0.0505. The zero-order valence-corrected chi connectivity index (χ0v) is 10.4. The van der Waals surface area contributed by atoms with Crippen molar-refractivity contribution in [2.45, 2.75) is 20.4 Å². The second-order valence-corrected chi connectivity index (χ2v) is 4.25. The van der Waals surface area contributed by atoms with Gasteiger partial charge in [0.25, 0.3) is 5.89 Å². The van der Waals surface area contributed by atoms with E-state index in [1.54, 1.807) is 0 Å². The van der Waals surface area contributed by atoms with E-state index in [1.807, 2.05) is 44.2 Å². The first-order valence-electron chi connectivity index (χ1n) is 5.82. The van der Waals surface area contributed by atoms with Gasteiger partial charge >= 0.3 is 0 Å². The number of carbonyl (C=O) groups excluding carboxylic acids is 1. The van der Waals surface area contributed by atoms with Gasteiger partial charge in [0.1, 0.15) is 0 Å². The van der Waals surface area contributed by atoms with Crippen LogP contribution in [0.25, 0.3) is 11.5 Å². The van der Waals surface area contributed by atoms with Gasteiger partial charge in [0.2, 0.25) is 5.91 Å². The van der Waals surface area contributed by atoms with Crippen LogP contribution in [0, 0.1) is 5.92 Å². The Hall–Kier alpha value is -2.17. The van der Waals surface area contributed by atoms with Gasteiger partial charge in [-0.15, -0.1) is 0 Å². The smallest absolute Gasteiger partial charge is 0.257 e. The summed E-state index contributed by atoms with van der Waals surface area (Å²) in [6.45, 7) is 3.95. The Morgan fingerprint density at radius 3 is 2.72 bits per heavy atom. The molecule has 1 amide bonds. The third kappa shape index (κ3) is 2.94. The zero-order valence-electron chi connectivity index (χ0n) is 10.4. The monoisotopic (exact) mass is 245 g/mol. The molecule has 0 aliphatic heterocycles. The summed E-state index contributed by atoms with van der Waals surface area (Å²) < 4.78 is 5.13. The molecule has 1 aromatic heterocycles. The lowest BCUT2D eigenvalue weighted by atomic mass is 10.2. The maximum atomic E-state index is 11.4. The van der Waals surface area contributed by atoms with Gasteiger partial charge in [-0.05, 0) is 12.1 Å². The molecule has 1 N–H and O–H groups in total. The Morgan fingerprint density at radius 1 is 1.33 bits per heavy atom. The maximum Gasteiger partial charge on any atom is 0.257 e. The van der Waals surface area contributed by atoms with Crippen molar-refractivity contribution < 1.29 is 9.32 Å². The van der Waals surface area contributed by atoms with Crippen LogP contribution in [0.5, 0.6) is 0 Å². The Bertz CT molecular complexity index is 520. The lowest BCUT2D eigenvalue weighted by Crippen LogP contribution is -2.27. The molecular weight excluding hydrogens is 230 g/mol. The van der Waals surface area contributed by atoms with Crippen molar-refractivity contribution in [3.05, 3.63) is 36.2 Å². The van der Waals surface area contributed by atoms with Crippen LogP contribution in [-0.2, 0) is 11.3 Å². The number of benzene rings is 1.